The Hall–Kier alpha value is -1.30. The molecule has 0 fully saturated rings. The highest BCUT2D eigenvalue weighted by molar-refractivity contribution is 7.18. The molecule has 0 bridgehead atoms. The van der Waals surface area contributed by atoms with E-state index in [1.54, 1.807) is 0 Å². The van der Waals surface area contributed by atoms with Gasteiger partial charge in [0.2, 0.25) is 0 Å². The number of thiazole rings is 1. The summed E-state index contributed by atoms with van der Waals surface area (Å²) in [6.45, 7) is 2.96. The predicted molar refractivity (Wildman–Crippen MR) is 61.4 cm³/mol. The Morgan fingerprint density at radius 3 is 2.87 bits per heavy atom. The van der Waals surface area contributed by atoms with Crippen LogP contribution >= 0.6 is 11.3 Å². The second-order valence-electron chi connectivity index (χ2n) is 3.12. The fourth-order valence-electron chi connectivity index (χ4n) is 1.15. The van der Waals surface area contributed by atoms with Crippen LogP contribution in [0, 0.1) is 0 Å². The summed E-state index contributed by atoms with van der Waals surface area (Å²) in [5.74, 6) is -0.189. The molecule has 2 N–H and O–H groups in total. The molecule has 0 saturated carbocycles. The number of hydrogen-bond donors (Lipinski definition) is 1. The van der Waals surface area contributed by atoms with Crippen molar-refractivity contribution in [1.29, 1.82) is 0 Å². The standard InChI is InChI=1S/C9H15N3O2S/c1-4-5-12(2)9-11-7(10)6(15-9)8(13)14-3/h4-5,10H2,1-3H3. The molecule has 0 amide bonds. The molecule has 1 aromatic rings. The number of rotatable bonds is 4. The Bertz CT molecular complexity index is 351. The van der Waals surface area contributed by atoms with Crippen molar-refractivity contribution in [2.24, 2.45) is 0 Å². The van der Waals surface area contributed by atoms with E-state index in [2.05, 4.69) is 16.6 Å². The van der Waals surface area contributed by atoms with Gasteiger partial charge in [-0.2, -0.15) is 0 Å². The second-order valence-corrected chi connectivity index (χ2v) is 4.10. The molecule has 6 heteroatoms. The maximum Gasteiger partial charge on any atom is 0.351 e. The van der Waals surface area contributed by atoms with Gasteiger partial charge in [0.05, 0.1) is 7.11 Å². The Labute approximate surface area is 92.9 Å². The number of methoxy groups -OCH3 is 1. The highest BCUT2D eigenvalue weighted by atomic mass is 32.1. The molecule has 0 aromatic carbocycles. The minimum Gasteiger partial charge on any atom is -0.465 e. The van der Waals surface area contributed by atoms with Crippen LogP contribution in [0.1, 0.15) is 23.0 Å². The third-order valence-corrected chi connectivity index (χ3v) is 3.06. The average molecular weight is 229 g/mol. The molecule has 1 aromatic heterocycles. The molecule has 0 aliphatic heterocycles. The molecule has 0 atom stereocenters. The number of ether oxygens (including phenoxy) is 1. The smallest absolute Gasteiger partial charge is 0.351 e. The molecule has 0 aliphatic carbocycles. The first kappa shape index (κ1) is 11.8. The van der Waals surface area contributed by atoms with E-state index in [4.69, 9.17) is 5.73 Å². The molecule has 15 heavy (non-hydrogen) atoms. The fraction of sp³-hybridized carbons (Fsp3) is 0.556. The summed E-state index contributed by atoms with van der Waals surface area (Å²) >= 11 is 1.26. The van der Waals surface area contributed by atoms with E-state index in [0.717, 1.165) is 18.1 Å². The molecular weight excluding hydrogens is 214 g/mol. The summed E-state index contributed by atoms with van der Waals surface area (Å²) in [4.78, 5) is 17.7. The molecule has 1 rings (SSSR count). The number of esters is 1. The van der Waals surface area contributed by atoms with E-state index >= 15 is 0 Å². The number of carbonyl (C=O) groups is 1. The van der Waals surface area contributed by atoms with Crippen molar-refractivity contribution in [2.45, 2.75) is 13.3 Å². The van der Waals surface area contributed by atoms with Gasteiger partial charge in [0.25, 0.3) is 0 Å². The van der Waals surface area contributed by atoms with Crippen molar-refractivity contribution in [2.75, 3.05) is 31.3 Å². The molecule has 0 saturated heterocycles. The van der Waals surface area contributed by atoms with Crippen LogP contribution in [0.5, 0.6) is 0 Å². The lowest BCUT2D eigenvalue weighted by Gasteiger charge is -2.13. The largest absolute Gasteiger partial charge is 0.465 e. The number of nitrogens with zero attached hydrogens (tertiary/aromatic N) is 2. The molecule has 0 unspecified atom stereocenters. The molecule has 0 radical (unpaired) electrons. The second kappa shape index (κ2) is 4.97. The third-order valence-electron chi connectivity index (χ3n) is 1.90. The van der Waals surface area contributed by atoms with E-state index in [9.17, 15) is 4.79 Å². The summed E-state index contributed by atoms with van der Waals surface area (Å²) < 4.78 is 4.60. The molecule has 1 heterocycles. The number of nitrogen functional groups attached to an aromatic ring is 1. The third kappa shape index (κ3) is 2.59. The van der Waals surface area contributed by atoms with E-state index in [1.807, 2.05) is 11.9 Å². The zero-order chi connectivity index (χ0) is 11.4. The maximum atomic E-state index is 11.3. The Morgan fingerprint density at radius 2 is 2.33 bits per heavy atom. The Balaban J connectivity index is 2.90. The Kier molecular flexibility index (Phi) is 3.90. The number of aromatic nitrogens is 1. The van der Waals surface area contributed by atoms with Crippen LogP contribution in [0.2, 0.25) is 0 Å². The minimum absolute atomic E-state index is 0.241. The minimum atomic E-state index is -0.429. The zero-order valence-corrected chi connectivity index (χ0v) is 9.93. The summed E-state index contributed by atoms with van der Waals surface area (Å²) in [6.07, 6.45) is 1.02. The highest BCUT2D eigenvalue weighted by Gasteiger charge is 2.17. The summed E-state index contributed by atoms with van der Waals surface area (Å²) in [6, 6.07) is 0. The maximum absolute atomic E-state index is 11.3. The van der Waals surface area contributed by atoms with E-state index in [-0.39, 0.29) is 5.82 Å². The van der Waals surface area contributed by atoms with Crippen molar-refractivity contribution < 1.29 is 9.53 Å². The normalized spacial score (nSPS) is 10.1. The van der Waals surface area contributed by atoms with Crippen LogP contribution in [0.25, 0.3) is 0 Å². The van der Waals surface area contributed by atoms with Crippen molar-refractivity contribution in [1.82, 2.24) is 4.98 Å². The number of nitrogens with two attached hydrogens (primary N) is 1. The van der Waals surface area contributed by atoms with E-state index in [1.165, 1.54) is 18.4 Å². The van der Waals surface area contributed by atoms with Gasteiger partial charge in [-0.05, 0) is 6.42 Å². The van der Waals surface area contributed by atoms with E-state index in [0.29, 0.717) is 4.88 Å². The van der Waals surface area contributed by atoms with Crippen LogP contribution in [0.4, 0.5) is 10.9 Å². The molecule has 84 valence electrons. The summed E-state index contributed by atoms with van der Waals surface area (Å²) in [5, 5.41) is 0.745. The van der Waals surface area contributed by atoms with Gasteiger partial charge in [-0.1, -0.05) is 18.3 Å². The first-order valence-corrected chi connectivity index (χ1v) is 5.47. The highest BCUT2D eigenvalue weighted by Crippen LogP contribution is 2.27. The van der Waals surface area contributed by atoms with E-state index < -0.39 is 5.97 Å². The predicted octanol–water partition coefficient (Wildman–Crippen LogP) is 1.36. The van der Waals surface area contributed by atoms with Gasteiger partial charge in [-0.3, -0.25) is 0 Å². The number of carbonyl (C=O) groups excluding carboxylic acids is 1. The SMILES string of the molecule is CCCN(C)c1nc(N)c(C(=O)OC)s1. The summed E-state index contributed by atoms with van der Waals surface area (Å²) in [7, 11) is 3.25. The lowest BCUT2D eigenvalue weighted by molar-refractivity contribution is 0.0607. The summed E-state index contributed by atoms with van der Waals surface area (Å²) in [5.41, 5.74) is 5.62. The topological polar surface area (TPSA) is 68.5 Å². The van der Waals surface area contributed by atoms with Crippen LogP contribution in [-0.2, 0) is 4.74 Å². The van der Waals surface area contributed by atoms with Crippen LogP contribution in [0.15, 0.2) is 0 Å². The van der Waals surface area contributed by atoms with Crippen LogP contribution < -0.4 is 10.6 Å². The zero-order valence-electron chi connectivity index (χ0n) is 9.11. The molecule has 0 aliphatic rings. The van der Waals surface area contributed by atoms with Crippen LogP contribution in [0.3, 0.4) is 0 Å². The van der Waals surface area contributed by atoms with Gasteiger partial charge in [0.1, 0.15) is 0 Å². The monoisotopic (exact) mass is 229 g/mol. The van der Waals surface area contributed by atoms with Crippen molar-refractivity contribution in [3.05, 3.63) is 4.88 Å². The van der Waals surface area contributed by atoms with Gasteiger partial charge in [0, 0.05) is 13.6 Å². The lowest BCUT2D eigenvalue weighted by atomic mass is 10.5. The Morgan fingerprint density at radius 1 is 1.67 bits per heavy atom. The first-order valence-electron chi connectivity index (χ1n) is 4.65. The van der Waals surface area contributed by atoms with Gasteiger partial charge in [0.15, 0.2) is 15.8 Å². The van der Waals surface area contributed by atoms with Gasteiger partial charge in [-0.25, -0.2) is 9.78 Å². The van der Waals surface area contributed by atoms with Gasteiger partial charge >= 0.3 is 5.97 Å². The van der Waals surface area contributed by atoms with Crippen molar-refractivity contribution >= 4 is 28.3 Å². The first-order chi connectivity index (χ1) is 7.10. The van der Waals surface area contributed by atoms with Gasteiger partial charge in [-0.15, -0.1) is 0 Å². The molecule has 5 nitrogen and oxygen atoms in total. The van der Waals surface area contributed by atoms with Crippen LogP contribution in [-0.4, -0.2) is 31.7 Å². The lowest BCUT2D eigenvalue weighted by Crippen LogP contribution is -2.17. The fourth-order valence-corrected chi connectivity index (χ4v) is 2.04. The quantitative estimate of drug-likeness (QED) is 0.789. The number of anilines is 2. The number of hydrogen-bond acceptors (Lipinski definition) is 6. The van der Waals surface area contributed by atoms with Crippen molar-refractivity contribution in [3.8, 4) is 0 Å². The van der Waals surface area contributed by atoms with Crippen molar-refractivity contribution in [3.63, 3.8) is 0 Å². The molecule has 0 spiro atoms. The molecular formula is C9H15N3O2S. The van der Waals surface area contributed by atoms with Gasteiger partial charge < -0.3 is 15.4 Å². The average Bonchev–Trinajstić information content (AvgIpc) is 2.60.